The summed E-state index contributed by atoms with van der Waals surface area (Å²) in [6.07, 6.45) is 4.58. The molecule has 0 aliphatic carbocycles. The minimum absolute atomic E-state index is 0. The second-order valence-electron chi connectivity index (χ2n) is 4.99. The summed E-state index contributed by atoms with van der Waals surface area (Å²) in [5.74, 6) is 0.233. The minimum Gasteiger partial charge on any atom is -0.352 e. The lowest BCUT2D eigenvalue weighted by Gasteiger charge is -2.13. The van der Waals surface area contributed by atoms with E-state index in [4.69, 9.17) is 0 Å². The second kappa shape index (κ2) is 7.24. The number of carbonyl (C=O) groups is 1. The molecule has 1 aliphatic heterocycles. The Morgan fingerprint density at radius 3 is 2.95 bits per heavy atom. The van der Waals surface area contributed by atoms with E-state index in [0.29, 0.717) is 6.54 Å². The quantitative estimate of drug-likeness (QED) is 0.900. The molecule has 1 aromatic heterocycles. The van der Waals surface area contributed by atoms with Crippen molar-refractivity contribution in [1.29, 1.82) is 0 Å². The molecule has 3 rings (SSSR count). The molecule has 1 fully saturated rings. The summed E-state index contributed by atoms with van der Waals surface area (Å²) in [6, 6.07) is 9.87. The molecule has 0 bridgehead atoms. The average Bonchev–Trinajstić information content (AvgIpc) is 3.17. The fraction of sp³-hybridized carbons (Fsp3) is 0.333. The maximum atomic E-state index is 12.0. The van der Waals surface area contributed by atoms with Gasteiger partial charge in [0.05, 0.1) is 11.6 Å². The molecular formula is C15H19ClN4O. The standard InChI is InChI=1S/C15H18N4O.ClH/c20-15(13-6-8-16-10-13)17-11-12-4-1-2-5-14(12)19-9-3-7-18-19;/h1-5,7,9,13,16H,6,8,10-11H2,(H,17,20);1H. The van der Waals surface area contributed by atoms with Gasteiger partial charge in [-0.2, -0.15) is 5.10 Å². The first-order valence-electron chi connectivity index (χ1n) is 6.91. The molecule has 2 heterocycles. The number of nitrogens with zero attached hydrogens (tertiary/aromatic N) is 2. The van der Waals surface area contributed by atoms with E-state index in [1.165, 1.54) is 0 Å². The third-order valence-corrected chi connectivity index (χ3v) is 3.63. The highest BCUT2D eigenvalue weighted by molar-refractivity contribution is 5.85. The van der Waals surface area contributed by atoms with Gasteiger partial charge in [0, 0.05) is 25.5 Å². The van der Waals surface area contributed by atoms with Gasteiger partial charge in [0.15, 0.2) is 0 Å². The number of halogens is 1. The molecule has 1 aliphatic rings. The van der Waals surface area contributed by atoms with Crippen LogP contribution in [0.1, 0.15) is 12.0 Å². The van der Waals surface area contributed by atoms with Crippen molar-refractivity contribution < 1.29 is 4.79 Å². The molecule has 5 nitrogen and oxygen atoms in total. The van der Waals surface area contributed by atoms with Gasteiger partial charge in [-0.3, -0.25) is 4.79 Å². The van der Waals surface area contributed by atoms with E-state index < -0.39 is 0 Å². The summed E-state index contributed by atoms with van der Waals surface area (Å²) in [5, 5.41) is 10.5. The zero-order valence-electron chi connectivity index (χ0n) is 11.7. The van der Waals surface area contributed by atoms with Crippen LogP contribution in [0.15, 0.2) is 42.7 Å². The third kappa shape index (κ3) is 3.62. The highest BCUT2D eigenvalue weighted by Gasteiger charge is 2.22. The second-order valence-corrected chi connectivity index (χ2v) is 4.99. The van der Waals surface area contributed by atoms with Crippen LogP contribution in [-0.2, 0) is 11.3 Å². The lowest BCUT2D eigenvalue weighted by molar-refractivity contribution is -0.124. The number of hydrogen-bond donors (Lipinski definition) is 2. The van der Waals surface area contributed by atoms with Crippen LogP contribution in [-0.4, -0.2) is 28.8 Å². The van der Waals surface area contributed by atoms with Crippen molar-refractivity contribution in [1.82, 2.24) is 20.4 Å². The average molecular weight is 307 g/mol. The van der Waals surface area contributed by atoms with E-state index >= 15 is 0 Å². The zero-order valence-corrected chi connectivity index (χ0v) is 12.5. The lowest BCUT2D eigenvalue weighted by Crippen LogP contribution is -2.31. The summed E-state index contributed by atoms with van der Waals surface area (Å²) in [4.78, 5) is 12.0. The molecule has 6 heteroatoms. The monoisotopic (exact) mass is 306 g/mol. The van der Waals surface area contributed by atoms with Gasteiger partial charge in [0.25, 0.3) is 0 Å². The van der Waals surface area contributed by atoms with Crippen LogP contribution in [0.2, 0.25) is 0 Å². The van der Waals surface area contributed by atoms with Crippen LogP contribution in [0, 0.1) is 5.92 Å². The van der Waals surface area contributed by atoms with Gasteiger partial charge < -0.3 is 10.6 Å². The third-order valence-electron chi connectivity index (χ3n) is 3.63. The summed E-state index contributed by atoms with van der Waals surface area (Å²) >= 11 is 0. The Morgan fingerprint density at radius 1 is 1.38 bits per heavy atom. The fourth-order valence-electron chi connectivity index (χ4n) is 2.50. The van der Waals surface area contributed by atoms with Crippen molar-refractivity contribution in [2.75, 3.05) is 13.1 Å². The van der Waals surface area contributed by atoms with Gasteiger partial charge in [-0.15, -0.1) is 12.4 Å². The summed E-state index contributed by atoms with van der Waals surface area (Å²) in [6.45, 7) is 2.25. The Balaban J connectivity index is 0.00000161. The smallest absolute Gasteiger partial charge is 0.224 e. The molecule has 2 aromatic rings. The number of hydrogen-bond acceptors (Lipinski definition) is 3. The SMILES string of the molecule is Cl.O=C(NCc1ccccc1-n1cccn1)C1CCNC1. The highest BCUT2D eigenvalue weighted by atomic mass is 35.5. The van der Waals surface area contributed by atoms with Gasteiger partial charge >= 0.3 is 0 Å². The molecule has 112 valence electrons. The summed E-state index contributed by atoms with van der Waals surface area (Å²) in [7, 11) is 0. The molecule has 1 atom stereocenters. The molecule has 0 radical (unpaired) electrons. The number of carbonyl (C=O) groups excluding carboxylic acids is 1. The Kier molecular flexibility index (Phi) is 5.36. The van der Waals surface area contributed by atoms with Crippen molar-refractivity contribution in [3.05, 3.63) is 48.3 Å². The van der Waals surface area contributed by atoms with Gasteiger partial charge in [0.1, 0.15) is 0 Å². The van der Waals surface area contributed by atoms with Crippen molar-refractivity contribution in [2.24, 2.45) is 5.92 Å². The molecule has 1 saturated heterocycles. The zero-order chi connectivity index (χ0) is 13.8. The van der Waals surface area contributed by atoms with Crippen molar-refractivity contribution in [3.63, 3.8) is 0 Å². The van der Waals surface area contributed by atoms with Gasteiger partial charge in [-0.25, -0.2) is 4.68 Å². The van der Waals surface area contributed by atoms with E-state index in [-0.39, 0.29) is 24.2 Å². The molecule has 21 heavy (non-hydrogen) atoms. The summed E-state index contributed by atoms with van der Waals surface area (Å²) in [5.41, 5.74) is 2.07. The van der Waals surface area contributed by atoms with Crippen molar-refractivity contribution in [2.45, 2.75) is 13.0 Å². The Bertz CT molecular complexity index is 579. The van der Waals surface area contributed by atoms with Crippen LogP contribution in [0.3, 0.4) is 0 Å². The molecule has 1 unspecified atom stereocenters. The van der Waals surface area contributed by atoms with Gasteiger partial charge in [0.2, 0.25) is 5.91 Å². The van der Waals surface area contributed by atoms with Crippen molar-refractivity contribution >= 4 is 18.3 Å². The van der Waals surface area contributed by atoms with E-state index in [0.717, 1.165) is 30.8 Å². The minimum atomic E-state index is 0. The molecule has 1 aromatic carbocycles. The predicted molar refractivity (Wildman–Crippen MR) is 83.6 cm³/mol. The lowest BCUT2D eigenvalue weighted by atomic mass is 10.1. The molecule has 2 N–H and O–H groups in total. The van der Waals surface area contributed by atoms with Crippen LogP contribution in [0.5, 0.6) is 0 Å². The van der Waals surface area contributed by atoms with Crippen molar-refractivity contribution in [3.8, 4) is 5.69 Å². The Morgan fingerprint density at radius 2 is 2.24 bits per heavy atom. The van der Waals surface area contributed by atoms with E-state index in [9.17, 15) is 4.79 Å². The van der Waals surface area contributed by atoms with Gasteiger partial charge in [-0.1, -0.05) is 18.2 Å². The number of nitrogens with one attached hydrogen (secondary N) is 2. The molecule has 0 spiro atoms. The fourth-order valence-corrected chi connectivity index (χ4v) is 2.50. The summed E-state index contributed by atoms with van der Waals surface area (Å²) < 4.78 is 1.82. The van der Waals surface area contributed by atoms with Crippen LogP contribution in [0.25, 0.3) is 5.69 Å². The molecule has 1 amide bonds. The normalized spacial score (nSPS) is 17.2. The first-order chi connectivity index (χ1) is 9.84. The number of rotatable bonds is 4. The van der Waals surface area contributed by atoms with Crippen LogP contribution in [0.4, 0.5) is 0 Å². The highest BCUT2D eigenvalue weighted by Crippen LogP contribution is 2.14. The maximum Gasteiger partial charge on any atom is 0.224 e. The number of amides is 1. The van der Waals surface area contributed by atoms with E-state index in [1.807, 2.05) is 41.2 Å². The first-order valence-corrected chi connectivity index (χ1v) is 6.91. The molecule has 0 saturated carbocycles. The van der Waals surface area contributed by atoms with Crippen LogP contribution >= 0.6 is 12.4 Å². The number of aromatic nitrogens is 2. The number of benzene rings is 1. The van der Waals surface area contributed by atoms with E-state index in [2.05, 4.69) is 15.7 Å². The van der Waals surface area contributed by atoms with Gasteiger partial charge in [-0.05, 0) is 30.7 Å². The topological polar surface area (TPSA) is 59.0 Å². The van der Waals surface area contributed by atoms with Crippen LogP contribution < -0.4 is 10.6 Å². The predicted octanol–water partition coefficient (Wildman–Crippen LogP) is 1.52. The maximum absolute atomic E-state index is 12.0. The Labute approximate surface area is 130 Å². The largest absolute Gasteiger partial charge is 0.352 e. The first kappa shape index (κ1) is 15.5. The number of para-hydroxylation sites is 1. The molecular weight excluding hydrogens is 288 g/mol. The Hall–Kier alpha value is -1.85. The van der Waals surface area contributed by atoms with E-state index in [1.54, 1.807) is 6.20 Å².